The van der Waals surface area contributed by atoms with Gasteiger partial charge >= 0.3 is 0 Å². The van der Waals surface area contributed by atoms with Crippen molar-refractivity contribution >= 4 is 11.8 Å². The predicted octanol–water partition coefficient (Wildman–Crippen LogP) is 2.47. The third-order valence-corrected chi connectivity index (χ3v) is 3.92. The smallest absolute Gasteiger partial charge is 0.0575 e. The van der Waals surface area contributed by atoms with Crippen molar-refractivity contribution < 1.29 is 5.11 Å². The minimum atomic E-state index is -0.257. The average Bonchev–Trinajstić information content (AvgIpc) is 2.13. The van der Waals surface area contributed by atoms with E-state index in [0.29, 0.717) is 6.04 Å². The third kappa shape index (κ3) is 5.79. The van der Waals surface area contributed by atoms with E-state index in [2.05, 4.69) is 39.0 Å². The molecule has 15 heavy (non-hydrogen) atoms. The van der Waals surface area contributed by atoms with Crippen molar-refractivity contribution in [2.75, 3.05) is 25.6 Å². The summed E-state index contributed by atoms with van der Waals surface area (Å²) in [6.07, 6.45) is 3.10. The van der Waals surface area contributed by atoms with E-state index in [-0.39, 0.29) is 11.5 Å². The van der Waals surface area contributed by atoms with E-state index in [1.165, 1.54) is 12.2 Å². The van der Waals surface area contributed by atoms with Gasteiger partial charge in [0.15, 0.2) is 0 Å². The molecule has 3 heteroatoms. The van der Waals surface area contributed by atoms with Crippen LogP contribution in [0.3, 0.4) is 0 Å². The Balaban J connectivity index is 4.05. The Morgan fingerprint density at radius 2 is 1.87 bits per heavy atom. The van der Waals surface area contributed by atoms with Gasteiger partial charge in [-0.1, -0.05) is 13.8 Å². The number of hydrogen-bond donors (Lipinski definition) is 1. The largest absolute Gasteiger partial charge is 0.393 e. The molecule has 0 radical (unpaired) electrons. The zero-order valence-corrected chi connectivity index (χ0v) is 11.9. The van der Waals surface area contributed by atoms with Crippen molar-refractivity contribution in [1.29, 1.82) is 0 Å². The number of aliphatic hydroxyl groups excluding tert-OH is 1. The molecule has 0 fully saturated rings. The molecule has 2 atom stereocenters. The topological polar surface area (TPSA) is 23.5 Å². The average molecular weight is 233 g/mol. The second-order valence-electron chi connectivity index (χ2n) is 5.21. The van der Waals surface area contributed by atoms with Crippen molar-refractivity contribution in [2.45, 2.75) is 46.3 Å². The maximum absolute atomic E-state index is 9.66. The Bertz CT molecular complexity index is 171. The Morgan fingerprint density at radius 3 is 2.27 bits per heavy atom. The first-order valence-corrected chi connectivity index (χ1v) is 7.08. The van der Waals surface area contributed by atoms with Crippen LogP contribution >= 0.6 is 11.8 Å². The highest BCUT2D eigenvalue weighted by Crippen LogP contribution is 2.22. The molecule has 0 amide bonds. The highest BCUT2D eigenvalue weighted by Gasteiger charge is 2.27. The normalized spacial score (nSPS) is 16.8. The van der Waals surface area contributed by atoms with E-state index >= 15 is 0 Å². The van der Waals surface area contributed by atoms with E-state index in [1.54, 1.807) is 0 Å². The summed E-state index contributed by atoms with van der Waals surface area (Å²) in [5, 5.41) is 9.66. The third-order valence-electron chi connectivity index (χ3n) is 3.28. The predicted molar refractivity (Wildman–Crippen MR) is 70.6 cm³/mol. The van der Waals surface area contributed by atoms with Crippen LogP contribution in [0.15, 0.2) is 0 Å². The summed E-state index contributed by atoms with van der Waals surface area (Å²) >= 11 is 1.90. The summed E-state index contributed by atoms with van der Waals surface area (Å²) in [5.41, 5.74) is -0.0254. The molecule has 0 rings (SSSR count). The molecule has 0 aromatic carbocycles. The van der Waals surface area contributed by atoms with Gasteiger partial charge < -0.3 is 10.0 Å². The molecule has 0 bridgehead atoms. The van der Waals surface area contributed by atoms with Gasteiger partial charge in [-0.25, -0.2) is 0 Å². The van der Waals surface area contributed by atoms with Crippen molar-refractivity contribution in [3.63, 3.8) is 0 Å². The molecule has 0 aromatic rings. The molecule has 1 N–H and O–H groups in total. The Kier molecular flexibility index (Phi) is 6.89. The van der Waals surface area contributed by atoms with Gasteiger partial charge in [0.05, 0.1) is 6.10 Å². The zero-order chi connectivity index (χ0) is 12.1. The number of hydrogen-bond acceptors (Lipinski definition) is 3. The number of aliphatic hydroxyl groups is 1. The molecule has 0 aliphatic carbocycles. The summed E-state index contributed by atoms with van der Waals surface area (Å²) in [5.74, 6) is 1.21. The highest BCUT2D eigenvalue weighted by molar-refractivity contribution is 7.98. The van der Waals surface area contributed by atoms with Crippen LogP contribution in [0.25, 0.3) is 0 Å². The van der Waals surface area contributed by atoms with E-state index in [9.17, 15) is 5.11 Å². The molecule has 0 aliphatic heterocycles. The van der Waals surface area contributed by atoms with E-state index in [1.807, 2.05) is 18.7 Å². The minimum Gasteiger partial charge on any atom is -0.393 e. The summed E-state index contributed by atoms with van der Waals surface area (Å²) in [6.45, 7) is 9.32. The lowest BCUT2D eigenvalue weighted by molar-refractivity contribution is 0.0321. The molecule has 0 aliphatic rings. The molecule has 2 unspecified atom stereocenters. The van der Waals surface area contributed by atoms with Crippen LogP contribution in [0.1, 0.15) is 34.1 Å². The fourth-order valence-electron chi connectivity index (χ4n) is 1.44. The Morgan fingerprint density at radius 1 is 1.33 bits per heavy atom. The van der Waals surface area contributed by atoms with Gasteiger partial charge in [0.1, 0.15) is 0 Å². The van der Waals surface area contributed by atoms with E-state index < -0.39 is 0 Å². The number of rotatable bonds is 7. The van der Waals surface area contributed by atoms with Crippen molar-refractivity contribution in [3.8, 4) is 0 Å². The SMILES string of the molecule is CSCCC(C)N(C)CC(C)(C)C(C)O. The molecule has 0 saturated heterocycles. The second kappa shape index (κ2) is 6.77. The molecule has 0 aromatic heterocycles. The van der Waals surface area contributed by atoms with Gasteiger partial charge in [-0.3, -0.25) is 0 Å². The van der Waals surface area contributed by atoms with Crippen LogP contribution in [-0.4, -0.2) is 47.8 Å². The number of nitrogens with zero attached hydrogens (tertiary/aromatic N) is 1. The monoisotopic (exact) mass is 233 g/mol. The van der Waals surface area contributed by atoms with Crippen LogP contribution < -0.4 is 0 Å². The van der Waals surface area contributed by atoms with Gasteiger partial charge in [0, 0.05) is 18.0 Å². The van der Waals surface area contributed by atoms with Crippen LogP contribution in [-0.2, 0) is 0 Å². The van der Waals surface area contributed by atoms with Crippen LogP contribution in [0.2, 0.25) is 0 Å². The molecule has 2 nitrogen and oxygen atoms in total. The molecule has 92 valence electrons. The second-order valence-corrected chi connectivity index (χ2v) is 6.20. The Labute approximate surface area is 99.4 Å². The first-order valence-electron chi connectivity index (χ1n) is 5.68. The first kappa shape index (κ1) is 15.3. The van der Waals surface area contributed by atoms with Gasteiger partial charge in [0.2, 0.25) is 0 Å². The van der Waals surface area contributed by atoms with Gasteiger partial charge in [0.25, 0.3) is 0 Å². The number of thioether (sulfide) groups is 1. The van der Waals surface area contributed by atoms with Crippen molar-refractivity contribution in [2.24, 2.45) is 5.41 Å². The maximum Gasteiger partial charge on any atom is 0.0575 e. The molecule has 0 saturated carbocycles. The molecule has 0 spiro atoms. The summed E-state index contributed by atoms with van der Waals surface area (Å²) in [4.78, 5) is 2.35. The summed E-state index contributed by atoms with van der Waals surface area (Å²) < 4.78 is 0. The van der Waals surface area contributed by atoms with Crippen molar-refractivity contribution in [1.82, 2.24) is 4.90 Å². The van der Waals surface area contributed by atoms with E-state index in [0.717, 1.165) is 6.54 Å². The van der Waals surface area contributed by atoms with Crippen LogP contribution in [0.4, 0.5) is 0 Å². The highest BCUT2D eigenvalue weighted by atomic mass is 32.2. The molecular formula is C12H27NOS. The Hall–Kier alpha value is 0.270. The molecular weight excluding hydrogens is 206 g/mol. The minimum absolute atomic E-state index is 0.0254. The zero-order valence-electron chi connectivity index (χ0n) is 11.1. The van der Waals surface area contributed by atoms with Gasteiger partial charge in [-0.15, -0.1) is 0 Å². The lowest BCUT2D eigenvalue weighted by atomic mass is 9.86. The lowest BCUT2D eigenvalue weighted by Gasteiger charge is -2.35. The van der Waals surface area contributed by atoms with Crippen LogP contribution in [0, 0.1) is 5.41 Å². The fourth-order valence-corrected chi connectivity index (χ4v) is 2.02. The lowest BCUT2D eigenvalue weighted by Crippen LogP contribution is -2.42. The quantitative estimate of drug-likeness (QED) is 0.731. The van der Waals surface area contributed by atoms with Gasteiger partial charge in [-0.2, -0.15) is 11.8 Å². The standard InChI is InChI=1S/C12H27NOS/c1-10(7-8-15-6)13(5)9-12(3,4)11(2)14/h10-11,14H,7-9H2,1-6H3. The van der Waals surface area contributed by atoms with Crippen LogP contribution in [0.5, 0.6) is 0 Å². The first-order chi connectivity index (χ1) is 6.81. The maximum atomic E-state index is 9.66. The summed E-state index contributed by atoms with van der Waals surface area (Å²) in [7, 11) is 2.15. The summed E-state index contributed by atoms with van der Waals surface area (Å²) in [6, 6.07) is 0.593. The van der Waals surface area contributed by atoms with E-state index in [4.69, 9.17) is 0 Å². The van der Waals surface area contributed by atoms with Gasteiger partial charge in [-0.05, 0) is 39.3 Å². The fraction of sp³-hybridized carbons (Fsp3) is 1.00. The molecule has 0 heterocycles. The van der Waals surface area contributed by atoms with Crippen molar-refractivity contribution in [3.05, 3.63) is 0 Å².